The maximum Gasteiger partial charge on any atom is 0.265 e. The van der Waals surface area contributed by atoms with Gasteiger partial charge in [-0.2, -0.15) is 10.4 Å². The van der Waals surface area contributed by atoms with Crippen LogP contribution < -0.4 is 9.64 Å². The van der Waals surface area contributed by atoms with Crippen LogP contribution >= 0.6 is 0 Å². The molecular formula is C36H37F2N7O3. The van der Waals surface area contributed by atoms with Crippen LogP contribution in [0.3, 0.4) is 0 Å². The number of rotatable bonds is 8. The van der Waals surface area contributed by atoms with Crippen molar-refractivity contribution in [3.8, 4) is 22.9 Å². The number of hydrogen-bond donors (Lipinski definition) is 0. The highest BCUT2D eigenvalue weighted by molar-refractivity contribution is 6.00. The van der Waals surface area contributed by atoms with Crippen LogP contribution in [-0.2, 0) is 22.5 Å². The third kappa shape index (κ3) is 4.86. The fraction of sp³-hybridized carbons (Fsp3) is 0.472. The van der Waals surface area contributed by atoms with Crippen molar-refractivity contribution in [2.75, 3.05) is 31.7 Å². The van der Waals surface area contributed by atoms with E-state index >= 15 is 0 Å². The first kappa shape index (κ1) is 30.8. The summed E-state index contributed by atoms with van der Waals surface area (Å²) in [6.07, 6.45) is 8.68. The van der Waals surface area contributed by atoms with Gasteiger partial charge in [-0.15, -0.1) is 0 Å². The first-order chi connectivity index (χ1) is 23.1. The highest BCUT2D eigenvalue weighted by Crippen LogP contribution is 2.65. The molecule has 10 nitrogen and oxygen atoms in total. The first-order valence-corrected chi connectivity index (χ1v) is 16.6. The van der Waals surface area contributed by atoms with Crippen molar-refractivity contribution in [1.29, 1.82) is 5.26 Å². The van der Waals surface area contributed by atoms with Gasteiger partial charge in [-0.3, -0.25) is 19.6 Å². The minimum atomic E-state index is -0.829. The number of pyridine rings is 2. The smallest absolute Gasteiger partial charge is 0.265 e. The molecule has 0 atom stereocenters. The molecule has 2 bridgehead atoms. The predicted molar refractivity (Wildman–Crippen MR) is 173 cm³/mol. The van der Waals surface area contributed by atoms with Crippen LogP contribution in [0, 0.1) is 28.9 Å². The zero-order valence-corrected chi connectivity index (χ0v) is 27.3. The van der Waals surface area contributed by atoms with E-state index in [-0.39, 0.29) is 42.3 Å². The number of amides is 1. The van der Waals surface area contributed by atoms with Gasteiger partial charge in [0.15, 0.2) is 12.3 Å². The van der Waals surface area contributed by atoms with Crippen molar-refractivity contribution >= 4 is 22.6 Å². The third-order valence-electron chi connectivity index (χ3n) is 10.8. The quantitative estimate of drug-likeness (QED) is 0.238. The number of fused-ring (bicyclic) bond motifs is 2. The molecule has 4 aromatic rings. The number of hydrogen-bond acceptors (Lipinski definition) is 8. The number of carbonyl (C=O) groups is 1. The number of carbonyl (C=O) groups excluding carboxylic acids is 1. The Morgan fingerprint density at radius 1 is 1.12 bits per heavy atom. The molecule has 5 heterocycles. The van der Waals surface area contributed by atoms with Gasteiger partial charge in [-0.05, 0) is 62.1 Å². The van der Waals surface area contributed by atoms with Crippen LogP contribution in [0.4, 0.5) is 14.5 Å². The van der Waals surface area contributed by atoms with Crippen molar-refractivity contribution in [3.63, 3.8) is 0 Å². The topological polar surface area (TPSA) is 109 Å². The molecule has 12 heteroatoms. The Morgan fingerprint density at radius 2 is 1.90 bits per heavy atom. The number of ether oxygens (including phenoxy) is 2. The lowest BCUT2D eigenvalue weighted by Crippen LogP contribution is -2.79. The first-order valence-electron chi connectivity index (χ1n) is 16.6. The molecule has 2 aliphatic heterocycles. The Kier molecular flexibility index (Phi) is 7.27. The van der Waals surface area contributed by atoms with Gasteiger partial charge in [-0.1, -0.05) is 19.9 Å². The lowest BCUT2D eigenvalue weighted by molar-refractivity contribution is -0.282. The summed E-state index contributed by atoms with van der Waals surface area (Å²) in [4.78, 5) is 25.9. The molecule has 248 valence electrons. The van der Waals surface area contributed by atoms with Gasteiger partial charge in [-0.25, -0.2) is 18.4 Å². The monoisotopic (exact) mass is 653 g/mol. The second-order valence-corrected chi connectivity index (χ2v) is 14.2. The van der Waals surface area contributed by atoms with Crippen molar-refractivity contribution in [3.05, 3.63) is 65.2 Å². The van der Waals surface area contributed by atoms with E-state index in [9.17, 15) is 18.8 Å². The maximum atomic E-state index is 14.5. The van der Waals surface area contributed by atoms with Gasteiger partial charge in [0.1, 0.15) is 23.5 Å². The zero-order chi connectivity index (χ0) is 33.4. The SMILES string of the molecule is COC12CC(N3CCC(n4ncc5c(-c6ccc7c(c6)OCC(=O)N7Cc6ncc(F)cc6F)c(C#N)c(CC(C)C)nc54)CC3)(C1)C2. The number of piperidine rings is 1. The fourth-order valence-corrected chi connectivity index (χ4v) is 8.35. The fourth-order valence-electron chi connectivity index (χ4n) is 8.35. The van der Waals surface area contributed by atoms with Crippen LogP contribution in [0.15, 0.2) is 36.7 Å². The number of halogens is 2. The Hall–Kier alpha value is -4.47. The molecule has 0 N–H and O–H groups in total. The van der Waals surface area contributed by atoms with Gasteiger partial charge >= 0.3 is 0 Å². The summed E-state index contributed by atoms with van der Waals surface area (Å²) in [6, 6.07) is 8.75. The highest BCUT2D eigenvalue weighted by atomic mass is 19.1. The van der Waals surface area contributed by atoms with E-state index in [0.29, 0.717) is 29.0 Å². The average Bonchev–Trinajstić information content (AvgIpc) is 3.45. The minimum Gasteiger partial charge on any atom is -0.482 e. The van der Waals surface area contributed by atoms with Crippen LogP contribution in [0.2, 0.25) is 0 Å². The molecule has 0 unspecified atom stereocenters. The number of methoxy groups -OCH3 is 1. The van der Waals surface area contributed by atoms with Crippen molar-refractivity contribution < 1.29 is 23.0 Å². The molecule has 3 saturated carbocycles. The van der Waals surface area contributed by atoms with Crippen LogP contribution in [0.25, 0.3) is 22.2 Å². The maximum absolute atomic E-state index is 14.5. The molecule has 48 heavy (non-hydrogen) atoms. The van der Waals surface area contributed by atoms with Crippen LogP contribution in [-0.4, -0.2) is 68.5 Å². The van der Waals surface area contributed by atoms with Crippen molar-refractivity contribution in [1.82, 2.24) is 24.6 Å². The van der Waals surface area contributed by atoms with E-state index in [4.69, 9.17) is 19.6 Å². The molecule has 1 aromatic carbocycles. The van der Waals surface area contributed by atoms with E-state index in [1.807, 2.05) is 25.4 Å². The molecule has 5 aliphatic rings. The Balaban J connectivity index is 1.14. The summed E-state index contributed by atoms with van der Waals surface area (Å²) in [5, 5.41) is 16.2. The molecule has 3 aliphatic carbocycles. The molecule has 9 rings (SSSR count). The molecule has 3 aromatic heterocycles. The lowest BCUT2D eigenvalue weighted by atomic mass is 9.45. The Bertz CT molecular complexity index is 1980. The number of benzene rings is 1. The van der Waals surface area contributed by atoms with E-state index in [2.05, 4.69) is 34.5 Å². The highest BCUT2D eigenvalue weighted by Gasteiger charge is 2.70. The normalized spacial score (nSPS) is 23.9. The van der Waals surface area contributed by atoms with Crippen LogP contribution in [0.5, 0.6) is 5.75 Å². The summed E-state index contributed by atoms with van der Waals surface area (Å²) in [7, 11) is 1.83. The second-order valence-electron chi connectivity index (χ2n) is 14.2. The van der Waals surface area contributed by atoms with Crippen molar-refractivity contribution in [2.45, 2.75) is 76.1 Å². The zero-order valence-electron chi connectivity index (χ0n) is 27.3. The minimum absolute atomic E-state index is 0.0519. The van der Waals surface area contributed by atoms with Gasteiger partial charge in [0.2, 0.25) is 0 Å². The molecule has 1 amide bonds. The molecule has 4 fully saturated rings. The van der Waals surface area contributed by atoms with Gasteiger partial charge in [0, 0.05) is 42.8 Å². The summed E-state index contributed by atoms with van der Waals surface area (Å²) in [6.45, 7) is 5.79. The van der Waals surface area contributed by atoms with E-state index in [1.54, 1.807) is 6.07 Å². The Morgan fingerprint density at radius 3 is 2.58 bits per heavy atom. The van der Waals surface area contributed by atoms with E-state index < -0.39 is 11.6 Å². The predicted octanol–water partition coefficient (Wildman–Crippen LogP) is 5.73. The summed E-state index contributed by atoms with van der Waals surface area (Å²) in [5.74, 6) is -1.31. The average molecular weight is 654 g/mol. The van der Waals surface area contributed by atoms with E-state index in [1.165, 1.54) is 4.90 Å². The lowest BCUT2D eigenvalue weighted by Gasteiger charge is -2.73. The second kappa shape index (κ2) is 11.3. The third-order valence-corrected chi connectivity index (χ3v) is 10.8. The standard InChI is InChI=1S/C36H37F2N7O3/c1-21(2)10-28-25(13-39)33(22-4-5-30-31(11-22)48-17-32(46)44(30)16-29-27(38)12-23(37)14-40-29)26-15-41-45(34(26)42-28)24-6-8-43(9-7-24)35-18-36(19-35,20-35)47-3/h4-5,11-12,14-15,21,24H,6-10,16-20H2,1-3H3. The number of likely N-dealkylation sites (tertiary alicyclic amines) is 1. The van der Waals surface area contributed by atoms with Crippen molar-refractivity contribution in [2.24, 2.45) is 5.92 Å². The number of aromatic nitrogens is 4. The van der Waals surface area contributed by atoms with Gasteiger partial charge in [0.05, 0.1) is 53.2 Å². The van der Waals surface area contributed by atoms with Gasteiger partial charge in [0.25, 0.3) is 5.91 Å². The number of anilines is 1. The van der Waals surface area contributed by atoms with Gasteiger partial charge < -0.3 is 9.47 Å². The van der Waals surface area contributed by atoms with E-state index in [0.717, 1.165) is 85.3 Å². The molecule has 0 spiro atoms. The summed E-state index contributed by atoms with van der Waals surface area (Å²) >= 11 is 0. The largest absolute Gasteiger partial charge is 0.482 e. The van der Waals surface area contributed by atoms with Crippen LogP contribution in [0.1, 0.15) is 68.9 Å². The summed E-state index contributed by atoms with van der Waals surface area (Å²) in [5.41, 5.74) is 4.24. The molecular weight excluding hydrogens is 616 g/mol. The molecule has 1 saturated heterocycles. The number of nitriles is 1. The molecule has 0 radical (unpaired) electrons. The summed E-state index contributed by atoms with van der Waals surface area (Å²) < 4.78 is 41.6. The number of nitrogens with zero attached hydrogens (tertiary/aromatic N) is 7. The Labute approximate surface area is 277 Å².